The van der Waals surface area contributed by atoms with Crippen molar-refractivity contribution in [1.29, 1.82) is 0 Å². The molecule has 1 heterocycles. The Labute approximate surface area is 131 Å². The molecule has 0 saturated heterocycles. The summed E-state index contributed by atoms with van der Waals surface area (Å²) in [6.45, 7) is 4.07. The summed E-state index contributed by atoms with van der Waals surface area (Å²) in [5.41, 5.74) is 3.19. The van der Waals surface area contributed by atoms with Crippen molar-refractivity contribution in [3.63, 3.8) is 0 Å². The van der Waals surface area contributed by atoms with Gasteiger partial charge in [0.05, 0.1) is 0 Å². The summed E-state index contributed by atoms with van der Waals surface area (Å²) < 4.78 is 1.10. The van der Waals surface area contributed by atoms with E-state index in [9.17, 15) is 0 Å². The zero-order valence-electron chi connectivity index (χ0n) is 11.7. The van der Waals surface area contributed by atoms with Gasteiger partial charge in [0.1, 0.15) is 0 Å². The van der Waals surface area contributed by atoms with Crippen LogP contribution in [0.25, 0.3) is 0 Å². The van der Waals surface area contributed by atoms with Crippen molar-refractivity contribution in [3.05, 3.63) is 33.0 Å². The molecule has 0 amide bonds. The van der Waals surface area contributed by atoms with Crippen molar-refractivity contribution < 1.29 is 0 Å². The van der Waals surface area contributed by atoms with Gasteiger partial charge < -0.3 is 10.2 Å². The molecule has 20 heavy (non-hydrogen) atoms. The number of hydrogen-bond acceptors (Lipinski definition) is 5. The molecule has 0 bridgehead atoms. The highest BCUT2D eigenvalue weighted by atomic mass is 79.9. The van der Waals surface area contributed by atoms with Gasteiger partial charge in [-0.25, -0.2) is 0 Å². The average Bonchev–Trinajstić information content (AvgIpc) is 2.35. The Hall–Kier alpha value is -1.40. The smallest absolute Gasteiger partial charge is 0.233 e. The number of nitrogens with zero attached hydrogens (tertiary/aromatic N) is 4. The Bertz CT molecular complexity index is 622. The molecule has 1 aromatic carbocycles. The standard InChI is InChI=1S/C13H15BrClN5/c1-7-5-9(6-8(2)10(7)14)16-12-17-11(15)18-13(19-12)20(3)4/h5-6H,1-4H3,(H,16,17,18,19). The SMILES string of the molecule is Cc1cc(Nc2nc(Cl)nc(N(C)C)n2)cc(C)c1Br. The molecule has 0 aliphatic rings. The minimum absolute atomic E-state index is 0.164. The maximum absolute atomic E-state index is 5.91. The summed E-state index contributed by atoms with van der Waals surface area (Å²) in [7, 11) is 3.70. The third kappa shape index (κ3) is 3.37. The fourth-order valence-electron chi connectivity index (χ4n) is 1.74. The van der Waals surface area contributed by atoms with Crippen molar-refractivity contribution in [2.75, 3.05) is 24.3 Å². The van der Waals surface area contributed by atoms with Crippen molar-refractivity contribution >= 4 is 45.1 Å². The van der Waals surface area contributed by atoms with Gasteiger partial charge in [-0.1, -0.05) is 15.9 Å². The first kappa shape index (κ1) is 15.0. The topological polar surface area (TPSA) is 53.9 Å². The van der Waals surface area contributed by atoms with Crippen LogP contribution < -0.4 is 10.2 Å². The van der Waals surface area contributed by atoms with Crippen LogP contribution in [0.15, 0.2) is 16.6 Å². The maximum atomic E-state index is 5.91. The van der Waals surface area contributed by atoms with E-state index in [1.54, 1.807) is 4.90 Å². The Morgan fingerprint density at radius 2 is 1.70 bits per heavy atom. The number of halogens is 2. The van der Waals surface area contributed by atoms with Crippen molar-refractivity contribution in [3.8, 4) is 0 Å². The molecular formula is C13H15BrClN5. The molecule has 0 unspecified atom stereocenters. The molecular weight excluding hydrogens is 342 g/mol. The van der Waals surface area contributed by atoms with Crippen LogP contribution in [-0.4, -0.2) is 29.0 Å². The summed E-state index contributed by atoms with van der Waals surface area (Å²) in [5.74, 6) is 0.938. The van der Waals surface area contributed by atoms with E-state index in [2.05, 4.69) is 36.2 Å². The zero-order chi connectivity index (χ0) is 14.9. The number of benzene rings is 1. The molecule has 0 saturated carbocycles. The van der Waals surface area contributed by atoms with Gasteiger partial charge in [-0.15, -0.1) is 0 Å². The van der Waals surface area contributed by atoms with Gasteiger partial charge in [0.15, 0.2) is 0 Å². The highest BCUT2D eigenvalue weighted by Gasteiger charge is 2.08. The summed E-state index contributed by atoms with van der Waals surface area (Å²) in [5, 5.41) is 3.32. The van der Waals surface area contributed by atoms with Crippen LogP contribution in [0.5, 0.6) is 0 Å². The number of aryl methyl sites for hydroxylation is 2. The van der Waals surface area contributed by atoms with Crippen molar-refractivity contribution in [2.24, 2.45) is 0 Å². The van der Waals surface area contributed by atoms with E-state index in [1.807, 2.05) is 40.1 Å². The molecule has 0 radical (unpaired) electrons. The lowest BCUT2D eigenvalue weighted by molar-refractivity contribution is 0.961. The van der Waals surface area contributed by atoms with Gasteiger partial charge in [0.25, 0.3) is 0 Å². The predicted molar refractivity (Wildman–Crippen MR) is 86.1 cm³/mol. The number of rotatable bonds is 3. The quantitative estimate of drug-likeness (QED) is 0.908. The molecule has 2 rings (SSSR count). The van der Waals surface area contributed by atoms with Gasteiger partial charge >= 0.3 is 0 Å². The first-order valence-corrected chi connectivity index (χ1v) is 7.16. The van der Waals surface area contributed by atoms with Crippen LogP contribution >= 0.6 is 27.5 Å². The van der Waals surface area contributed by atoms with Gasteiger partial charge in [0.2, 0.25) is 17.2 Å². The van der Waals surface area contributed by atoms with E-state index < -0.39 is 0 Å². The number of hydrogen-bond donors (Lipinski definition) is 1. The third-order valence-corrected chi connectivity index (χ3v) is 4.11. The largest absolute Gasteiger partial charge is 0.347 e. The van der Waals surface area contributed by atoms with Gasteiger partial charge in [0, 0.05) is 24.3 Å². The van der Waals surface area contributed by atoms with E-state index in [0.29, 0.717) is 11.9 Å². The molecule has 0 atom stereocenters. The first-order valence-electron chi connectivity index (χ1n) is 5.99. The van der Waals surface area contributed by atoms with Gasteiger partial charge in [-0.3, -0.25) is 0 Å². The second-order valence-electron chi connectivity index (χ2n) is 4.67. The van der Waals surface area contributed by atoms with Crippen LogP contribution in [-0.2, 0) is 0 Å². The van der Waals surface area contributed by atoms with E-state index in [1.165, 1.54) is 0 Å². The lowest BCUT2D eigenvalue weighted by Gasteiger charge is -2.13. The molecule has 1 N–H and O–H groups in total. The van der Waals surface area contributed by atoms with Crippen LogP contribution in [0, 0.1) is 13.8 Å². The zero-order valence-corrected chi connectivity index (χ0v) is 14.0. The Morgan fingerprint density at radius 3 is 2.25 bits per heavy atom. The van der Waals surface area contributed by atoms with Crippen molar-refractivity contribution in [1.82, 2.24) is 15.0 Å². The van der Waals surface area contributed by atoms with Crippen LogP contribution in [0.1, 0.15) is 11.1 Å². The molecule has 106 valence electrons. The lowest BCUT2D eigenvalue weighted by atomic mass is 10.1. The lowest BCUT2D eigenvalue weighted by Crippen LogP contribution is -2.14. The average molecular weight is 357 g/mol. The normalized spacial score (nSPS) is 10.5. The van der Waals surface area contributed by atoms with Crippen LogP contribution in [0.2, 0.25) is 5.28 Å². The van der Waals surface area contributed by atoms with E-state index >= 15 is 0 Å². The fraction of sp³-hybridized carbons (Fsp3) is 0.308. The molecule has 0 fully saturated rings. The summed E-state index contributed by atoms with van der Waals surface area (Å²) in [4.78, 5) is 14.2. The third-order valence-electron chi connectivity index (χ3n) is 2.69. The number of anilines is 3. The highest BCUT2D eigenvalue weighted by Crippen LogP contribution is 2.26. The van der Waals surface area contributed by atoms with Gasteiger partial charge in [-0.2, -0.15) is 15.0 Å². The Balaban J connectivity index is 2.35. The number of aromatic nitrogens is 3. The molecule has 2 aromatic rings. The second-order valence-corrected chi connectivity index (χ2v) is 5.80. The van der Waals surface area contributed by atoms with Crippen LogP contribution in [0.4, 0.5) is 17.6 Å². The molecule has 0 aliphatic heterocycles. The fourth-order valence-corrected chi connectivity index (χ4v) is 2.13. The van der Waals surface area contributed by atoms with Crippen molar-refractivity contribution in [2.45, 2.75) is 13.8 Å². The minimum atomic E-state index is 0.164. The van der Waals surface area contributed by atoms with E-state index in [4.69, 9.17) is 11.6 Å². The Kier molecular flexibility index (Phi) is 4.45. The predicted octanol–water partition coefficient (Wildman–Crippen LogP) is 3.71. The molecule has 5 nitrogen and oxygen atoms in total. The van der Waals surface area contributed by atoms with E-state index in [-0.39, 0.29) is 5.28 Å². The van der Waals surface area contributed by atoms with Crippen LogP contribution in [0.3, 0.4) is 0 Å². The summed E-state index contributed by atoms with van der Waals surface area (Å²) in [6.07, 6.45) is 0. The summed E-state index contributed by atoms with van der Waals surface area (Å²) in [6, 6.07) is 4.04. The monoisotopic (exact) mass is 355 g/mol. The summed E-state index contributed by atoms with van der Waals surface area (Å²) >= 11 is 9.46. The molecule has 0 aliphatic carbocycles. The van der Waals surface area contributed by atoms with E-state index in [0.717, 1.165) is 21.3 Å². The maximum Gasteiger partial charge on any atom is 0.233 e. The minimum Gasteiger partial charge on any atom is -0.347 e. The highest BCUT2D eigenvalue weighted by molar-refractivity contribution is 9.10. The second kappa shape index (κ2) is 5.93. The first-order chi connectivity index (χ1) is 9.36. The molecule has 7 heteroatoms. The molecule has 0 spiro atoms. The number of nitrogens with one attached hydrogen (secondary N) is 1. The van der Waals surface area contributed by atoms with Gasteiger partial charge in [-0.05, 0) is 48.7 Å². The molecule has 1 aromatic heterocycles. The Morgan fingerprint density at radius 1 is 1.10 bits per heavy atom.